The van der Waals surface area contributed by atoms with E-state index in [1.807, 2.05) is 13.8 Å². The molecule has 0 aliphatic carbocycles. The minimum absolute atomic E-state index is 0.137. The first-order chi connectivity index (χ1) is 8.93. The van der Waals surface area contributed by atoms with Crippen LogP contribution < -0.4 is 11.1 Å². The zero-order valence-corrected chi connectivity index (χ0v) is 11.3. The average Bonchev–Trinajstić information content (AvgIpc) is 2.71. The molecule has 0 saturated carbocycles. The molecule has 0 aromatic heterocycles. The van der Waals surface area contributed by atoms with Crippen LogP contribution in [-0.2, 0) is 0 Å². The molecule has 5 heteroatoms. The monoisotopic (exact) mass is 265 g/mol. The van der Waals surface area contributed by atoms with Crippen molar-refractivity contribution in [2.45, 2.75) is 19.9 Å². The van der Waals surface area contributed by atoms with Crippen LogP contribution in [-0.4, -0.2) is 30.6 Å². The molecule has 0 spiro atoms. The Morgan fingerprint density at radius 3 is 2.79 bits per heavy atom. The molecule has 1 aromatic carbocycles. The first kappa shape index (κ1) is 13.8. The average molecular weight is 265 g/mol. The lowest BCUT2D eigenvalue weighted by molar-refractivity contribution is 0.191. The van der Waals surface area contributed by atoms with E-state index in [0.717, 1.165) is 0 Å². The number of nitrogens with one attached hydrogen (secondary N) is 1. The Labute approximate surface area is 112 Å². The molecule has 1 saturated heterocycles. The molecule has 1 atom stereocenters. The number of urea groups is 1. The van der Waals surface area contributed by atoms with Gasteiger partial charge in [-0.1, -0.05) is 32.0 Å². The molecule has 1 fully saturated rings. The predicted octanol–water partition coefficient (Wildman–Crippen LogP) is 1.88. The summed E-state index contributed by atoms with van der Waals surface area (Å²) in [5, 5.41) is 2.81. The number of nitrogens with zero attached hydrogens (tertiary/aromatic N) is 1. The third kappa shape index (κ3) is 3.04. The van der Waals surface area contributed by atoms with Crippen molar-refractivity contribution in [1.29, 1.82) is 0 Å². The van der Waals surface area contributed by atoms with Gasteiger partial charge in [0.25, 0.3) is 0 Å². The Kier molecular flexibility index (Phi) is 3.75. The molecule has 1 aliphatic heterocycles. The largest absolute Gasteiger partial charge is 0.330 e. The molecule has 104 valence electrons. The normalized spacial score (nSPS) is 19.7. The van der Waals surface area contributed by atoms with Crippen LogP contribution in [0.25, 0.3) is 0 Å². The molecule has 1 heterocycles. The van der Waals surface area contributed by atoms with Crippen molar-refractivity contribution in [3.63, 3.8) is 0 Å². The van der Waals surface area contributed by atoms with Crippen LogP contribution in [0.1, 0.15) is 25.5 Å². The highest BCUT2D eigenvalue weighted by Gasteiger charge is 2.34. The summed E-state index contributed by atoms with van der Waals surface area (Å²) >= 11 is 0. The third-order valence-electron chi connectivity index (χ3n) is 3.44. The molecular formula is C14H20FN3O. The molecule has 0 radical (unpaired) electrons. The minimum atomic E-state index is -0.290. The van der Waals surface area contributed by atoms with Gasteiger partial charge in [-0.3, -0.25) is 0 Å². The summed E-state index contributed by atoms with van der Waals surface area (Å²) in [5.41, 5.74) is 6.08. The van der Waals surface area contributed by atoms with E-state index in [-0.39, 0.29) is 23.3 Å². The Hall–Kier alpha value is -1.62. The van der Waals surface area contributed by atoms with E-state index in [9.17, 15) is 9.18 Å². The molecule has 2 rings (SSSR count). The van der Waals surface area contributed by atoms with Crippen molar-refractivity contribution in [3.05, 3.63) is 35.6 Å². The van der Waals surface area contributed by atoms with Gasteiger partial charge in [0.1, 0.15) is 5.82 Å². The highest BCUT2D eigenvalue weighted by molar-refractivity contribution is 5.77. The van der Waals surface area contributed by atoms with Gasteiger partial charge in [-0.05, 0) is 18.0 Å². The number of benzene rings is 1. The van der Waals surface area contributed by atoms with Gasteiger partial charge in [0, 0.05) is 18.7 Å². The Bertz CT molecular complexity index is 476. The van der Waals surface area contributed by atoms with Gasteiger partial charge in [0.05, 0.1) is 6.04 Å². The van der Waals surface area contributed by atoms with E-state index < -0.39 is 0 Å². The van der Waals surface area contributed by atoms with Crippen LogP contribution in [0.2, 0.25) is 0 Å². The lowest BCUT2D eigenvalue weighted by atomic mass is 9.93. The fraction of sp³-hybridized carbons (Fsp3) is 0.500. The summed E-state index contributed by atoms with van der Waals surface area (Å²) in [7, 11) is 0. The van der Waals surface area contributed by atoms with E-state index >= 15 is 0 Å². The lowest BCUT2D eigenvalue weighted by Gasteiger charge is -2.28. The second kappa shape index (κ2) is 5.17. The van der Waals surface area contributed by atoms with Gasteiger partial charge in [0.15, 0.2) is 0 Å². The number of carbonyl (C=O) groups excluding carboxylic acids is 1. The standard InChI is InChI=1S/C14H20FN3O/c1-14(2,8-16)9-18-7-12(17-13(18)19)10-5-3-4-6-11(10)15/h3-6,12H,7-9,16H2,1-2H3,(H,17,19). The maximum absolute atomic E-state index is 13.7. The molecule has 0 bridgehead atoms. The molecule has 3 N–H and O–H groups in total. The van der Waals surface area contributed by atoms with Gasteiger partial charge in [0.2, 0.25) is 0 Å². The van der Waals surface area contributed by atoms with Crippen LogP contribution in [0.15, 0.2) is 24.3 Å². The number of carbonyl (C=O) groups is 1. The highest BCUT2D eigenvalue weighted by Crippen LogP contribution is 2.25. The minimum Gasteiger partial charge on any atom is -0.330 e. The summed E-state index contributed by atoms with van der Waals surface area (Å²) in [6.07, 6.45) is 0. The summed E-state index contributed by atoms with van der Waals surface area (Å²) in [6.45, 7) is 5.57. The van der Waals surface area contributed by atoms with Crippen molar-refractivity contribution in [3.8, 4) is 0 Å². The van der Waals surface area contributed by atoms with Crippen molar-refractivity contribution in [1.82, 2.24) is 10.2 Å². The topological polar surface area (TPSA) is 58.4 Å². The summed E-state index contributed by atoms with van der Waals surface area (Å²) < 4.78 is 13.7. The van der Waals surface area contributed by atoms with Crippen LogP contribution in [0.3, 0.4) is 0 Å². The van der Waals surface area contributed by atoms with E-state index in [1.165, 1.54) is 6.07 Å². The number of halogens is 1. The van der Waals surface area contributed by atoms with Crippen LogP contribution in [0.5, 0.6) is 0 Å². The second-order valence-electron chi connectivity index (χ2n) is 5.77. The van der Waals surface area contributed by atoms with Gasteiger partial charge in [-0.2, -0.15) is 0 Å². The number of hydrogen-bond donors (Lipinski definition) is 2. The maximum Gasteiger partial charge on any atom is 0.318 e. The molecule has 1 aromatic rings. The van der Waals surface area contributed by atoms with Crippen molar-refractivity contribution >= 4 is 6.03 Å². The second-order valence-corrected chi connectivity index (χ2v) is 5.77. The predicted molar refractivity (Wildman–Crippen MR) is 72.1 cm³/mol. The maximum atomic E-state index is 13.7. The van der Waals surface area contributed by atoms with E-state index in [1.54, 1.807) is 23.1 Å². The molecule has 2 amide bonds. The summed E-state index contributed by atoms with van der Waals surface area (Å²) in [6, 6.07) is 6.09. The third-order valence-corrected chi connectivity index (χ3v) is 3.44. The fourth-order valence-electron chi connectivity index (χ4n) is 2.24. The molecule has 19 heavy (non-hydrogen) atoms. The van der Waals surface area contributed by atoms with Crippen LogP contribution in [0, 0.1) is 11.2 Å². The SMILES string of the molecule is CC(C)(CN)CN1CC(c2ccccc2F)NC1=O. The molecule has 1 aliphatic rings. The van der Waals surface area contributed by atoms with Crippen LogP contribution >= 0.6 is 0 Å². The van der Waals surface area contributed by atoms with Gasteiger partial charge in [-0.25, -0.2) is 9.18 Å². The highest BCUT2D eigenvalue weighted by atomic mass is 19.1. The lowest BCUT2D eigenvalue weighted by Crippen LogP contribution is -2.40. The fourth-order valence-corrected chi connectivity index (χ4v) is 2.24. The Morgan fingerprint density at radius 2 is 2.16 bits per heavy atom. The summed E-state index contributed by atoms with van der Waals surface area (Å²) in [4.78, 5) is 13.6. The van der Waals surface area contributed by atoms with Crippen molar-refractivity contribution < 1.29 is 9.18 Å². The van der Waals surface area contributed by atoms with E-state index in [0.29, 0.717) is 25.2 Å². The Balaban J connectivity index is 2.10. The number of nitrogens with two attached hydrogens (primary N) is 1. The number of rotatable bonds is 4. The first-order valence-corrected chi connectivity index (χ1v) is 6.43. The van der Waals surface area contributed by atoms with E-state index in [2.05, 4.69) is 5.32 Å². The smallest absolute Gasteiger partial charge is 0.318 e. The van der Waals surface area contributed by atoms with Gasteiger partial charge in [-0.15, -0.1) is 0 Å². The molecule has 1 unspecified atom stereocenters. The van der Waals surface area contributed by atoms with Crippen LogP contribution in [0.4, 0.5) is 9.18 Å². The number of amides is 2. The van der Waals surface area contributed by atoms with Crippen molar-refractivity contribution in [2.24, 2.45) is 11.1 Å². The summed E-state index contributed by atoms with van der Waals surface area (Å²) in [5.74, 6) is -0.285. The molecular weight excluding hydrogens is 245 g/mol. The zero-order chi connectivity index (χ0) is 14.0. The van der Waals surface area contributed by atoms with Gasteiger partial charge < -0.3 is 16.0 Å². The van der Waals surface area contributed by atoms with E-state index in [4.69, 9.17) is 5.73 Å². The van der Waals surface area contributed by atoms with Gasteiger partial charge >= 0.3 is 6.03 Å². The Morgan fingerprint density at radius 1 is 1.47 bits per heavy atom. The number of hydrogen-bond acceptors (Lipinski definition) is 2. The quantitative estimate of drug-likeness (QED) is 0.873. The molecule has 4 nitrogen and oxygen atoms in total. The van der Waals surface area contributed by atoms with Crippen molar-refractivity contribution in [2.75, 3.05) is 19.6 Å². The first-order valence-electron chi connectivity index (χ1n) is 6.43. The zero-order valence-electron chi connectivity index (χ0n) is 11.3.